The van der Waals surface area contributed by atoms with Crippen LogP contribution in [0.4, 0.5) is 10.1 Å². The lowest BCUT2D eigenvalue weighted by Crippen LogP contribution is -2.43. The van der Waals surface area contributed by atoms with Gasteiger partial charge in [0.1, 0.15) is 5.82 Å². The Kier molecular flexibility index (Phi) is 6.84. The summed E-state index contributed by atoms with van der Waals surface area (Å²) in [6.45, 7) is 2.34. The van der Waals surface area contributed by atoms with E-state index in [4.69, 9.17) is 4.74 Å². The zero-order valence-electron chi connectivity index (χ0n) is 16.5. The molecule has 2 aromatic carbocycles. The minimum absolute atomic E-state index is 0.000452. The summed E-state index contributed by atoms with van der Waals surface area (Å²) < 4.78 is 44.9. The van der Waals surface area contributed by atoms with E-state index in [0.29, 0.717) is 30.6 Å². The molecule has 0 spiro atoms. The summed E-state index contributed by atoms with van der Waals surface area (Å²) in [6.07, 6.45) is 1.10. The fourth-order valence-electron chi connectivity index (χ4n) is 3.28. The van der Waals surface area contributed by atoms with Crippen molar-refractivity contribution in [2.45, 2.75) is 24.7 Å². The van der Waals surface area contributed by atoms with Crippen molar-refractivity contribution in [2.75, 3.05) is 25.0 Å². The van der Waals surface area contributed by atoms with E-state index in [1.54, 1.807) is 31.2 Å². The SMILES string of the molecule is CCOC(=O)c1ccc(NC(=O)[C@@H]2CCCN(S(=O)(=O)c3ccc(F)cc3)C2)cc1. The van der Waals surface area contributed by atoms with Crippen molar-refractivity contribution in [3.63, 3.8) is 0 Å². The van der Waals surface area contributed by atoms with Crippen LogP contribution in [-0.2, 0) is 19.6 Å². The lowest BCUT2D eigenvalue weighted by Gasteiger charge is -2.31. The van der Waals surface area contributed by atoms with Crippen LogP contribution < -0.4 is 5.32 Å². The quantitative estimate of drug-likeness (QED) is 0.706. The molecule has 2 aromatic rings. The van der Waals surface area contributed by atoms with Crippen LogP contribution in [-0.4, -0.2) is 44.3 Å². The van der Waals surface area contributed by atoms with Gasteiger partial charge in [0.25, 0.3) is 0 Å². The summed E-state index contributed by atoms with van der Waals surface area (Å²) in [5, 5.41) is 2.77. The van der Waals surface area contributed by atoms with Crippen molar-refractivity contribution in [3.05, 3.63) is 59.9 Å². The number of nitrogens with zero attached hydrogens (tertiary/aromatic N) is 1. The Morgan fingerprint density at radius 2 is 1.80 bits per heavy atom. The number of benzene rings is 2. The molecule has 9 heteroatoms. The molecule has 1 aliphatic rings. The number of halogens is 1. The zero-order chi connectivity index (χ0) is 21.7. The van der Waals surface area contributed by atoms with Crippen molar-refractivity contribution in [2.24, 2.45) is 5.92 Å². The lowest BCUT2D eigenvalue weighted by molar-refractivity contribution is -0.120. The number of amides is 1. The largest absolute Gasteiger partial charge is 0.462 e. The Hall–Kier alpha value is -2.78. The maximum atomic E-state index is 13.1. The van der Waals surface area contributed by atoms with E-state index in [2.05, 4.69) is 5.32 Å². The van der Waals surface area contributed by atoms with Gasteiger partial charge in [0.2, 0.25) is 15.9 Å². The third-order valence-electron chi connectivity index (χ3n) is 4.87. The average molecular weight is 434 g/mol. The molecule has 0 aliphatic carbocycles. The molecule has 30 heavy (non-hydrogen) atoms. The summed E-state index contributed by atoms with van der Waals surface area (Å²) in [7, 11) is -3.80. The standard InChI is InChI=1S/C21H23FN2O5S/c1-2-29-21(26)15-5-9-18(10-6-15)23-20(25)16-4-3-13-24(14-16)30(27,28)19-11-7-17(22)8-12-19/h5-12,16H,2-4,13-14H2,1H3,(H,23,25)/t16-/m1/s1. The Bertz CT molecular complexity index is 1010. The van der Waals surface area contributed by atoms with Crippen LogP contribution in [0.25, 0.3) is 0 Å². The van der Waals surface area contributed by atoms with Gasteiger partial charge in [-0.3, -0.25) is 4.79 Å². The van der Waals surface area contributed by atoms with Gasteiger partial charge in [-0.15, -0.1) is 0 Å². The average Bonchev–Trinajstić information content (AvgIpc) is 2.75. The highest BCUT2D eigenvalue weighted by atomic mass is 32.2. The number of esters is 1. The molecule has 1 atom stereocenters. The van der Waals surface area contributed by atoms with Gasteiger partial charge in [-0.05, 0) is 68.3 Å². The Labute approximate surface area is 174 Å². The van der Waals surface area contributed by atoms with E-state index in [9.17, 15) is 22.4 Å². The minimum Gasteiger partial charge on any atom is -0.462 e. The van der Waals surface area contributed by atoms with Crippen molar-refractivity contribution in [1.82, 2.24) is 4.31 Å². The number of anilines is 1. The summed E-state index contributed by atoms with van der Waals surface area (Å²) in [5.41, 5.74) is 0.885. The molecule has 1 amide bonds. The number of sulfonamides is 1. The van der Waals surface area contributed by atoms with Crippen LogP contribution in [0.2, 0.25) is 0 Å². The van der Waals surface area contributed by atoms with Crippen LogP contribution in [0.3, 0.4) is 0 Å². The number of rotatable bonds is 6. The van der Waals surface area contributed by atoms with E-state index in [1.165, 1.54) is 16.4 Å². The second kappa shape index (κ2) is 9.36. The number of carbonyl (C=O) groups is 2. The maximum Gasteiger partial charge on any atom is 0.338 e. The van der Waals surface area contributed by atoms with Gasteiger partial charge in [0.05, 0.1) is 23.0 Å². The molecule has 7 nitrogen and oxygen atoms in total. The minimum atomic E-state index is -3.80. The van der Waals surface area contributed by atoms with Crippen LogP contribution in [0.5, 0.6) is 0 Å². The number of ether oxygens (including phenoxy) is 1. The van der Waals surface area contributed by atoms with E-state index < -0.39 is 27.7 Å². The fourth-order valence-corrected chi connectivity index (χ4v) is 4.80. The van der Waals surface area contributed by atoms with Gasteiger partial charge < -0.3 is 10.1 Å². The first kappa shape index (κ1) is 21.9. The number of nitrogens with one attached hydrogen (secondary N) is 1. The van der Waals surface area contributed by atoms with E-state index in [-0.39, 0.29) is 24.0 Å². The van der Waals surface area contributed by atoms with Gasteiger partial charge in [-0.1, -0.05) is 0 Å². The molecular weight excluding hydrogens is 411 g/mol. The highest BCUT2D eigenvalue weighted by Crippen LogP contribution is 2.25. The summed E-state index contributed by atoms with van der Waals surface area (Å²) in [6, 6.07) is 10.9. The first-order valence-corrected chi connectivity index (χ1v) is 11.1. The Balaban J connectivity index is 1.65. The van der Waals surface area contributed by atoms with E-state index in [1.807, 2.05) is 0 Å². The normalized spacial score (nSPS) is 17.3. The zero-order valence-corrected chi connectivity index (χ0v) is 17.3. The van der Waals surface area contributed by atoms with Gasteiger partial charge in [-0.2, -0.15) is 4.31 Å². The van der Waals surface area contributed by atoms with Crippen LogP contribution in [0.1, 0.15) is 30.1 Å². The highest BCUT2D eigenvalue weighted by molar-refractivity contribution is 7.89. The van der Waals surface area contributed by atoms with Gasteiger partial charge in [0, 0.05) is 18.8 Å². The molecule has 1 fully saturated rings. The maximum absolute atomic E-state index is 13.1. The van der Waals surface area contributed by atoms with Crippen molar-refractivity contribution < 1.29 is 27.1 Å². The van der Waals surface area contributed by atoms with Crippen molar-refractivity contribution in [1.29, 1.82) is 0 Å². The van der Waals surface area contributed by atoms with E-state index in [0.717, 1.165) is 12.1 Å². The first-order chi connectivity index (χ1) is 14.3. The molecule has 1 heterocycles. The molecule has 160 valence electrons. The number of carbonyl (C=O) groups excluding carboxylic acids is 2. The van der Waals surface area contributed by atoms with Gasteiger partial charge in [-0.25, -0.2) is 17.6 Å². The van der Waals surface area contributed by atoms with Crippen LogP contribution >= 0.6 is 0 Å². The summed E-state index contributed by atoms with van der Waals surface area (Å²) in [5.74, 6) is -1.76. The van der Waals surface area contributed by atoms with Crippen molar-refractivity contribution in [3.8, 4) is 0 Å². The molecule has 0 aromatic heterocycles. The summed E-state index contributed by atoms with van der Waals surface area (Å²) in [4.78, 5) is 24.4. The second-order valence-electron chi connectivity index (χ2n) is 6.94. The smallest absolute Gasteiger partial charge is 0.338 e. The van der Waals surface area contributed by atoms with Crippen molar-refractivity contribution >= 4 is 27.6 Å². The molecule has 1 aliphatic heterocycles. The Morgan fingerprint density at radius 3 is 2.43 bits per heavy atom. The second-order valence-corrected chi connectivity index (χ2v) is 8.88. The predicted octanol–water partition coefficient (Wildman–Crippen LogP) is 3.04. The topological polar surface area (TPSA) is 92.8 Å². The number of piperidine rings is 1. The highest BCUT2D eigenvalue weighted by Gasteiger charge is 2.33. The molecule has 0 radical (unpaired) electrons. The molecule has 0 saturated carbocycles. The third-order valence-corrected chi connectivity index (χ3v) is 6.75. The Morgan fingerprint density at radius 1 is 1.13 bits per heavy atom. The number of hydrogen-bond acceptors (Lipinski definition) is 5. The lowest BCUT2D eigenvalue weighted by atomic mass is 9.98. The van der Waals surface area contributed by atoms with Gasteiger partial charge in [0.15, 0.2) is 0 Å². The van der Waals surface area contributed by atoms with E-state index >= 15 is 0 Å². The van der Waals surface area contributed by atoms with Crippen LogP contribution in [0.15, 0.2) is 53.4 Å². The molecule has 0 unspecified atom stereocenters. The molecule has 3 rings (SSSR count). The molecule has 1 saturated heterocycles. The first-order valence-electron chi connectivity index (χ1n) is 9.65. The predicted molar refractivity (Wildman–Crippen MR) is 109 cm³/mol. The van der Waals surface area contributed by atoms with Crippen LogP contribution in [0, 0.1) is 11.7 Å². The molecule has 0 bridgehead atoms. The van der Waals surface area contributed by atoms with Gasteiger partial charge >= 0.3 is 5.97 Å². The molecular formula is C21H23FN2O5S. The third kappa shape index (κ3) is 5.03. The summed E-state index contributed by atoms with van der Waals surface area (Å²) >= 11 is 0. The monoisotopic (exact) mass is 434 g/mol. The molecule has 1 N–H and O–H groups in total. The fraction of sp³-hybridized carbons (Fsp3) is 0.333. The number of hydrogen-bond donors (Lipinski definition) is 1.